The summed E-state index contributed by atoms with van der Waals surface area (Å²) in [4.78, 5) is 2.53. The van der Waals surface area contributed by atoms with E-state index in [9.17, 15) is 0 Å². The van der Waals surface area contributed by atoms with Gasteiger partial charge in [-0.1, -0.05) is 272 Å². The Morgan fingerprint density at radius 3 is 1.53 bits per heavy atom. The summed E-state index contributed by atoms with van der Waals surface area (Å²) in [6.07, 6.45) is 0. The van der Waals surface area contributed by atoms with E-state index < -0.39 is 5.41 Å². The third kappa shape index (κ3) is 8.15. The van der Waals surface area contributed by atoms with Crippen molar-refractivity contribution in [1.29, 1.82) is 0 Å². The highest BCUT2D eigenvalue weighted by atomic mass is 15.2. The predicted octanol–water partition coefficient (Wildman–Crippen LogP) is 21.4. The van der Waals surface area contributed by atoms with Gasteiger partial charge in [0.15, 0.2) is 0 Å². The quantitative estimate of drug-likeness (QED) is 0.140. The maximum absolute atomic E-state index is 2.53. The van der Waals surface area contributed by atoms with E-state index in [1.54, 1.807) is 0 Å². The van der Waals surface area contributed by atoms with Gasteiger partial charge in [-0.3, -0.25) is 0 Å². The Bertz CT molecular complexity index is 4440. The number of rotatable bonds is 9. The molecule has 1 heterocycles. The van der Waals surface area contributed by atoms with Crippen LogP contribution in [0.4, 0.5) is 17.1 Å². The number of hydrogen-bond donors (Lipinski definition) is 0. The highest BCUT2D eigenvalue weighted by Crippen LogP contribution is 2.59. The average molecular weight is 1040 g/mol. The lowest BCUT2D eigenvalue weighted by Gasteiger charge is -2.34. The second-order valence-corrected chi connectivity index (χ2v) is 24.0. The number of benzene rings is 12. The molecule has 1 aliphatic carbocycles. The van der Waals surface area contributed by atoms with E-state index in [0.29, 0.717) is 0 Å². The predicted molar refractivity (Wildman–Crippen MR) is 344 cm³/mol. The number of nitrogens with zero attached hydrogens (tertiary/aromatic N) is 2. The third-order valence-corrected chi connectivity index (χ3v) is 17.2. The van der Waals surface area contributed by atoms with Crippen molar-refractivity contribution in [3.8, 4) is 50.2 Å². The van der Waals surface area contributed by atoms with Gasteiger partial charge >= 0.3 is 0 Å². The van der Waals surface area contributed by atoms with Gasteiger partial charge < -0.3 is 9.47 Å². The van der Waals surface area contributed by atoms with Crippen LogP contribution in [0.2, 0.25) is 0 Å². The Morgan fingerprint density at radius 1 is 0.346 bits per heavy atom. The lowest BCUT2D eigenvalue weighted by Crippen LogP contribution is -2.28. The van der Waals surface area contributed by atoms with Crippen LogP contribution in [0.15, 0.2) is 279 Å². The summed E-state index contributed by atoms with van der Waals surface area (Å²) in [6.45, 7) is 14.0. The summed E-state index contributed by atoms with van der Waals surface area (Å²) in [5.41, 5.74) is 23.7. The summed E-state index contributed by atoms with van der Waals surface area (Å²) in [6, 6.07) is 104. The van der Waals surface area contributed by atoms with Gasteiger partial charge in [0, 0.05) is 27.7 Å². The van der Waals surface area contributed by atoms with Crippen molar-refractivity contribution < 1.29 is 0 Å². The van der Waals surface area contributed by atoms with Gasteiger partial charge in [-0.05, 0) is 142 Å². The monoisotopic (exact) mass is 1040 g/mol. The number of para-hydroxylation sites is 3. The van der Waals surface area contributed by atoms with Crippen LogP contribution in [0.25, 0.3) is 82.8 Å². The molecule has 0 unspecified atom stereocenters. The molecule has 14 rings (SSSR count). The molecule has 0 aliphatic heterocycles. The van der Waals surface area contributed by atoms with Crippen molar-refractivity contribution in [2.75, 3.05) is 4.90 Å². The molecule has 0 saturated heterocycles. The molecule has 390 valence electrons. The van der Waals surface area contributed by atoms with Crippen molar-refractivity contribution in [2.24, 2.45) is 0 Å². The van der Waals surface area contributed by atoms with E-state index in [0.717, 1.165) is 33.8 Å². The molecule has 0 bridgehead atoms. The maximum atomic E-state index is 2.53. The first-order valence-electron chi connectivity index (χ1n) is 28.6. The summed E-state index contributed by atoms with van der Waals surface area (Å²) in [5.74, 6) is 0. The lowest BCUT2D eigenvalue weighted by atomic mass is 9.67. The molecule has 0 atom stereocenters. The van der Waals surface area contributed by atoms with E-state index >= 15 is 0 Å². The molecule has 2 heteroatoms. The zero-order valence-corrected chi connectivity index (χ0v) is 47.0. The topological polar surface area (TPSA) is 8.17 Å². The molecular weight excluding hydrogens is 977 g/mol. The van der Waals surface area contributed by atoms with Gasteiger partial charge in [0.2, 0.25) is 0 Å². The molecule has 0 spiro atoms. The van der Waals surface area contributed by atoms with Crippen molar-refractivity contribution in [2.45, 2.75) is 57.8 Å². The van der Waals surface area contributed by atoms with Crippen molar-refractivity contribution in [1.82, 2.24) is 4.57 Å². The molecule has 0 amide bonds. The second-order valence-electron chi connectivity index (χ2n) is 24.0. The number of hydrogen-bond acceptors (Lipinski definition) is 1. The SMILES string of the molecule is CC(C)(C)c1cc(-c2cccc3cccc(-c4ccccc4N(c4ccc(-c5cccc6c5-c5ccccc5C6(c5ccccc5)c5ccccc5)cc4)c4cccc5c4c4ccccc4n5-c4ccccc4)c23)cc(C(C)(C)C)c1. The average Bonchev–Trinajstić information content (AvgIpc) is 2.85. The third-order valence-electron chi connectivity index (χ3n) is 17.2. The van der Waals surface area contributed by atoms with Crippen molar-refractivity contribution >= 4 is 49.6 Å². The Balaban J connectivity index is 1.01. The van der Waals surface area contributed by atoms with Crippen LogP contribution in [-0.4, -0.2) is 4.57 Å². The fourth-order valence-corrected chi connectivity index (χ4v) is 13.3. The second kappa shape index (κ2) is 19.4. The summed E-state index contributed by atoms with van der Waals surface area (Å²) in [7, 11) is 0. The molecule has 0 fully saturated rings. The van der Waals surface area contributed by atoms with E-state index in [-0.39, 0.29) is 10.8 Å². The van der Waals surface area contributed by atoms with Crippen LogP contribution in [0.1, 0.15) is 74.9 Å². The van der Waals surface area contributed by atoms with Crippen LogP contribution in [0, 0.1) is 0 Å². The van der Waals surface area contributed by atoms with Gasteiger partial charge in [-0.15, -0.1) is 0 Å². The Kier molecular flexibility index (Phi) is 11.9. The van der Waals surface area contributed by atoms with Gasteiger partial charge in [0.1, 0.15) is 0 Å². The molecule has 0 radical (unpaired) electrons. The van der Waals surface area contributed by atoms with Crippen LogP contribution in [0.5, 0.6) is 0 Å². The summed E-state index contributed by atoms with van der Waals surface area (Å²) >= 11 is 0. The zero-order chi connectivity index (χ0) is 55.0. The minimum atomic E-state index is -0.492. The molecule has 1 aliphatic rings. The fraction of sp³-hybridized carbons (Fsp3) is 0.114. The summed E-state index contributed by atoms with van der Waals surface area (Å²) in [5, 5.41) is 4.85. The van der Waals surface area contributed by atoms with Crippen molar-refractivity contribution in [3.05, 3.63) is 312 Å². The highest BCUT2D eigenvalue weighted by molar-refractivity contribution is 6.17. The van der Waals surface area contributed by atoms with E-state index in [1.165, 1.54) is 99.4 Å². The standard InChI is InChI=1S/C79H64N2/c1-77(2,3)58-50-55(51-59(52-58)78(4,5)6)63-37-22-26-54-27-23-39-65(74(54)63)64-34-17-20-42-70(64)81(73-45-25-44-72-76(73)67-36-18-21-43-71(67)80(72)60-32-14-9-15-33-60)61-48-46-53(47-49-61)62-38-24-41-69-75(62)66-35-16-19-40-68(66)79(69,56-28-10-7-11-29-56)57-30-12-8-13-31-57/h7-52H,1-6H3. The molecule has 0 N–H and O–H groups in total. The number of aromatic nitrogens is 1. The smallest absolute Gasteiger partial charge is 0.0713 e. The van der Waals surface area contributed by atoms with Gasteiger partial charge in [0.25, 0.3) is 0 Å². The van der Waals surface area contributed by atoms with E-state index in [2.05, 4.69) is 330 Å². The molecule has 81 heavy (non-hydrogen) atoms. The normalized spacial score (nSPS) is 12.9. The Morgan fingerprint density at radius 2 is 0.852 bits per heavy atom. The van der Waals surface area contributed by atoms with Gasteiger partial charge in [-0.25, -0.2) is 0 Å². The largest absolute Gasteiger partial charge is 0.309 e. The van der Waals surface area contributed by atoms with E-state index in [1.807, 2.05) is 0 Å². The van der Waals surface area contributed by atoms with Crippen LogP contribution in [0.3, 0.4) is 0 Å². The fourth-order valence-electron chi connectivity index (χ4n) is 13.3. The van der Waals surface area contributed by atoms with Crippen LogP contribution < -0.4 is 4.90 Å². The van der Waals surface area contributed by atoms with Gasteiger partial charge in [-0.2, -0.15) is 0 Å². The number of fused-ring (bicyclic) bond motifs is 7. The Labute approximate surface area is 476 Å². The highest BCUT2D eigenvalue weighted by Gasteiger charge is 2.46. The molecular formula is C79H64N2. The maximum Gasteiger partial charge on any atom is 0.0713 e. The number of anilines is 3. The van der Waals surface area contributed by atoms with Crippen LogP contribution >= 0.6 is 0 Å². The first-order valence-corrected chi connectivity index (χ1v) is 28.6. The first kappa shape index (κ1) is 49.8. The van der Waals surface area contributed by atoms with Crippen molar-refractivity contribution in [3.63, 3.8) is 0 Å². The van der Waals surface area contributed by atoms with Gasteiger partial charge in [0.05, 0.1) is 27.8 Å². The minimum Gasteiger partial charge on any atom is -0.309 e. The first-order chi connectivity index (χ1) is 39.5. The lowest BCUT2D eigenvalue weighted by molar-refractivity contribution is 0.569. The minimum absolute atomic E-state index is 0.0311. The van der Waals surface area contributed by atoms with Crippen LogP contribution in [-0.2, 0) is 16.2 Å². The molecule has 1 aromatic heterocycles. The molecule has 0 saturated carbocycles. The molecule has 2 nitrogen and oxygen atoms in total. The zero-order valence-electron chi connectivity index (χ0n) is 47.0. The summed E-state index contributed by atoms with van der Waals surface area (Å²) < 4.78 is 2.43. The molecule has 13 aromatic rings. The van der Waals surface area contributed by atoms with E-state index in [4.69, 9.17) is 0 Å². The Hall–Kier alpha value is -9.50. The molecule has 12 aromatic carbocycles.